The minimum atomic E-state index is -4.68. The molecule has 0 fully saturated rings. The number of rotatable bonds is 8. The quantitative estimate of drug-likeness (QED) is 0.473. The van der Waals surface area contributed by atoms with Crippen LogP contribution < -0.4 is 5.32 Å². The summed E-state index contributed by atoms with van der Waals surface area (Å²) in [4.78, 5) is 25.0. The van der Waals surface area contributed by atoms with Crippen molar-refractivity contribution in [3.8, 4) is 0 Å². The summed E-state index contributed by atoms with van der Waals surface area (Å²) in [6.45, 7) is 6.52. The molecular formula is C18H25BF3NO4. The number of ketones is 1. The molecule has 0 saturated heterocycles. The number of hydrogen-bond acceptors (Lipinski definition) is 4. The molecule has 0 aromatic heterocycles. The zero-order chi connectivity index (χ0) is 21.0. The van der Waals surface area contributed by atoms with Crippen LogP contribution in [0.2, 0.25) is 0 Å². The number of alkyl halides is 3. The van der Waals surface area contributed by atoms with E-state index < -0.39 is 53.9 Å². The van der Waals surface area contributed by atoms with Gasteiger partial charge in [-0.05, 0) is 18.4 Å². The van der Waals surface area contributed by atoms with Crippen molar-refractivity contribution in [2.75, 3.05) is 0 Å². The molecule has 1 aromatic carbocycles. The maximum atomic E-state index is 13.1. The van der Waals surface area contributed by atoms with Crippen molar-refractivity contribution in [1.82, 2.24) is 5.32 Å². The van der Waals surface area contributed by atoms with E-state index >= 15 is 0 Å². The summed E-state index contributed by atoms with van der Waals surface area (Å²) < 4.78 is 39.3. The van der Waals surface area contributed by atoms with E-state index in [1.165, 1.54) is 26.0 Å². The van der Waals surface area contributed by atoms with Gasteiger partial charge in [0.1, 0.15) is 0 Å². The minimum Gasteiger partial charge on any atom is -0.426 e. The third-order valence-electron chi connectivity index (χ3n) is 4.15. The van der Waals surface area contributed by atoms with E-state index in [4.69, 9.17) is 0 Å². The first-order valence-corrected chi connectivity index (χ1v) is 8.62. The van der Waals surface area contributed by atoms with Gasteiger partial charge in [-0.2, -0.15) is 13.2 Å². The largest absolute Gasteiger partial charge is 0.475 e. The number of halogens is 3. The number of carbonyl (C=O) groups excluding carboxylic acids is 2. The fourth-order valence-corrected chi connectivity index (χ4v) is 2.68. The van der Waals surface area contributed by atoms with Crippen molar-refractivity contribution in [3.63, 3.8) is 0 Å². The Bertz CT molecular complexity index is 675. The Morgan fingerprint density at radius 1 is 1.15 bits per heavy atom. The highest BCUT2D eigenvalue weighted by Crippen LogP contribution is 2.34. The number of Topliss-reactive ketones (excluding diaryl/α,β-unsaturated/α-hetero) is 1. The second-order valence-corrected chi connectivity index (χ2v) is 7.65. The van der Waals surface area contributed by atoms with Gasteiger partial charge in [-0.3, -0.25) is 9.59 Å². The highest BCUT2D eigenvalue weighted by atomic mass is 19.4. The lowest BCUT2D eigenvalue weighted by Crippen LogP contribution is -2.51. The first-order valence-electron chi connectivity index (χ1n) is 8.62. The molecule has 0 heterocycles. The molecule has 1 aromatic rings. The SMILES string of the molecule is CC(C)C[C@H](NC(=O)C(C)(C)CC(=O)c1ccccc1C(F)(F)F)B(O)O. The molecule has 0 aliphatic carbocycles. The van der Waals surface area contributed by atoms with Crippen LogP contribution in [0.3, 0.4) is 0 Å². The van der Waals surface area contributed by atoms with Gasteiger partial charge in [0.25, 0.3) is 0 Å². The number of hydrogen-bond donors (Lipinski definition) is 3. The van der Waals surface area contributed by atoms with Crippen LogP contribution in [0.5, 0.6) is 0 Å². The fourth-order valence-electron chi connectivity index (χ4n) is 2.68. The zero-order valence-corrected chi connectivity index (χ0v) is 15.8. The van der Waals surface area contributed by atoms with E-state index in [2.05, 4.69) is 5.32 Å². The number of nitrogens with one attached hydrogen (secondary N) is 1. The Kier molecular flexibility index (Phi) is 7.62. The van der Waals surface area contributed by atoms with Crippen molar-refractivity contribution < 1.29 is 32.8 Å². The summed E-state index contributed by atoms with van der Waals surface area (Å²) in [6.07, 6.45) is -4.84. The molecule has 0 radical (unpaired) electrons. The van der Waals surface area contributed by atoms with Crippen LogP contribution in [0.1, 0.15) is 56.5 Å². The molecular weight excluding hydrogens is 362 g/mol. The van der Waals surface area contributed by atoms with Crippen LogP contribution >= 0.6 is 0 Å². The van der Waals surface area contributed by atoms with Gasteiger partial charge in [0, 0.05) is 12.0 Å². The van der Waals surface area contributed by atoms with Gasteiger partial charge >= 0.3 is 13.3 Å². The molecule has 0 spiro atoms. The average molecular weight is 387 g/mol. The Morgan fingerprint density at radius 3 is 2.19 bits per heavy atom. The van der Waals surface area contributed by atoms with Crippen LogP contribution in [0.15, 0.2) is 24.3 Å². The summed E-state index contributed by atoms with van der Waals surface area (Å²) in [7, 11) is -1.78. The summed E-state index contributed by atoms with van der Waals surface area (Å²) in [5.41, 5.74) is -2.87. The maximum Gasteiger partial charge on any atom is 0.475 e. The lowest BCUT2D eigenvalue weighted by Gasteiger charge is -2.27. The zero-order valence-electron chi connectivity index (χ0n) is 15.8. The normalized spacial score (nSPS) is 13.4. The van der Waals surface area contributed by atoms with Crippen molar-refractivity contribution in [2.45, 2.75) is 52.7 Å². The fraction of sp³-hybridized carbons (Fsp3) is 0.556. The molecule has 1 rings (SSSR count). The minimum absolute atomic E-state index is 0.0699. The van der Waals surface area contributed by atoms with E-state index in [1.807, 2.05) is 13.8 Å². The van der Waals surface area contributed by atoms with Gasteiger partial charge in [0.05, 0.1) is 16.9 Å². The second kappa shape index (κ2) is 8.88. The van der Waals surface area contributed by atoms with Gasteiger partial charge in [0.2, 0.25) is 5.91 Å². The van der Waals surface area contributed by atoms with Gasteiger partial charge in [-0.1, -0.05) is 45.9 Å². The van der Waals surface area contributed by atoms with E-state index in [9.17, 15) is 32.8 Å². The Hall–Kier alpha value is -1.87. The molecule has 0 unspecified atom stereocenters. The van der Waals surface area contributed by atoms with E-state index in [-0.39, 0.29) is 5.92 Å². The molecule has 5 nitrogen and oxygen atoms in total. The molecule has 1 amide bonds. The summed E-state index contributed by atoms with van der Waals surface area (Å²) >= 11 is 0. The Morgan fingerprint density at radius 2 is 1.70 bits per heavy atom. The molecule has 0 bridgehead atoms. The third-order valence-corrected chi connectivity index (χ3v) is 4.15. The molecule has 0 aliphatic rings. The number of benzene rings is 1. The highest BCUT2D eigenvalue weighted by Gasteiger charge is 2.38. The van der Waals surface area contributed by atoms with E-state index in [0.29, 0.717) is 6.42 Å². The molecule has 1 atom stereocenters. The summed E-state index contributed by atoms with van der Waals surface area (Å²) in [6, 6.07) is 4.42. The number of amides is 1. The number of carbonyl (C=O) groups is 2. The topological polar surface area (TPSA) is 86.6 Å². The van der Waals surface area contributed by atoms with Crippen LogP contribution in [0.4, 0.5) is 13.2 Å². The predicted octanol–water partition coefficient (Wildman–Crippen LogP) is 2.85. The molecule has 3 N–H and O–H groups in total. The second-order valence-electron chi connectivity index (χ2n) is 7.65. The summed E-state index contributed by atoms with van der Waals surface area (Å²) in [5.74, 6) is -2.32. The Balaban J connectivity index is 2.97. The average Bonchev–Trinajstić information content (AvgIpc) is 2.52. The maximum absolute atomic E-state index is 13.1. The third kappa shape index (κ3) is 6.66. The molecule has 0 aliphatic heterocycles. The van der Waals surface area contributed by atoms with E-state index in [1.54, 1.807) is 0 Å². The molecule has 150 valence electrons. The lowest BCUT2D eigenvalue weighted by atomic mass is 9.74. The lowest BCUT2D eigenvalue weighted by molar-refractivity contribution is -0.137. The van der Waals surface area contributed by atoms with Crippen LogP contribution in [-0.4, -0.2) is 34.8 Å². The summed E-state index contributed by atoms with van der Waals surface area (Å²) in [5, 5.41) is 21.3. The monoisotopic (exact) mass is 387 g/mol. The van der Waals surface area contributed by atoms with Crippen molar-refractivity contribution in [3.05, 3.63) is 35.4 Å². The van der Waals surface area contributed by atoms with Crippen LogP contribution in [-0.2, 0) is 11.0 Å². The predicted molar refractivity (Wildman–Crippen MR) is 95.7 cm³/mol. The molecule has 0 saturated carbocycles. The Labute approximate surface area is 157 Å². The van der Waals surface area contributed by atoms with Gasteiger partial charge in [-0.25, -0.2) is 0 Å². The van der Waals surface area contributed by atoms with Crippen LogP contribution in [0.25, 0.3) is 0 Å². The standard InChI is InChI=1S/C18H25BF3NO4/c1-11(2)9-15(19(26)27)23-16(25)17(3,4)10-14(24)12-7-5-6-8-13(12)18(20,21)22/h5-8,11,15,26-27H,9-10H2,1-4H3,(H,23,25)/t15-/m0/s1. The van der Waals surface area contributed by atoms with Crippen molar-refractivity contribution in [1.29, 1.82) is 0 Å². The first kappa shape index (κ1) is 23.2. The highest BCUT2D eigenvalue weighted by molar-refractivity contribution is 6.43. The van der Waals surface area contributed by atoms with Gasteiger partial charge < -0.3 is 15.4 Å². The molecule has 27 heavy (non-hydrogen) atoms. The smallest absolute Gasteiger partial charge is 0.426 e. The van der Waals surface area contributed by atoms with Gasteiger partial charge in [0.15, 0.2) is 5.78 Å². The first-order chi connectivity index (χ1) is 12.3. The van der Waals surface area contributed by atoms with Gasteiger partial charge in [-0.15, -0.1) is 0 Å². The van der Waals surface area contributed by atoms with Crippen molar-refractivity contribution >= 4 is 18.8 Å². The van der Waals surface area contributed by atoms with Crippen molar-refractivity contribution in [2.24, 2.45) is 11.3 Å². The van der Waals surface area contributed by atoms with Crippen LogP contribution in [0, 0.1) is 11.3 Å². The molecule has 9 heteroatoms. The van der Waals surface area contributed by atoms with E-state index in [0.717, 1.165) is 12.1 Å².